The van der Waals surface area contributed by atoms with Gasteiger partial charge in [0, 0.05) is 18.7 Å². The van der Waals surface area contributed by atoms with Crippen molar-refractivity contribution in [1.82, 2.24) is 0 Å². The minimum atomic E-state index is -3.65. The van der Waals surface area contributed by atoms with Crippen molar-refractivity contribution in [3.05, 3.63) is 59.1 Å². The monoisotopic (exact) mass is 388 g/mol. The van der Waals surface area contributed by atoms with Crippen LogP contribution in [0.15, 0.2) is 42.5 Å². The van der Waals surface area contributed by atoms with E-state index >= 15 is 0 Å². The van der Waals surface area contributed by atoms with Gasteiger partial charge < -0.3 is 5.32 Å². The number of carbonyl (C=O) groups excluding carboxylic acids is 1. The van der Waals surface area contributed by atoms with Crippen LogP contribution in [0.25, 0.3) is 0 Å². The van der Waals surface area contributed by atoms with Crippen molar-refractivity contribution in [2.75, 3.05) is 22.4 Å². The highest BCUT2D eigenvalue weighted by atomic mass is 35.5. The summed E-state index contributed by atoms with van der Waals surface area (Å²) in [7, 11) is -3.65. The molecule has 0 spiro atoms. The first-order valence-corrected chi connectivity index (χ1v) is 9.37. The standard InChI is InChI=1S/C16H15ClF2N2O3S/c1-25(23,24)21(13-5-2-11(18)3-6-13)9-8-16(22)20-12-4-7-15(19)14(17)10-12/h2-7,10H,8-9H2,1H3,(H,20,22). The second-order valence-electron chi connectivity index (χ2n) is 5.24. The normalized spacial score (nSPS) is 11.2. The molecule has 0 bridgehead atoms. The van der Waals surface area contributed by atoms with Crippen LogP contribution in [0.4, 0.5) is 20.2 Å². The maximum atomic E-state index is 13.1. The second kappa shape index (κ2) is 7.79. The highest BCUT2D eigenvalue weighted by Gasteiger charge is 2.18. The van der Waals surface area contributed by atoms with Crippen molar-refractivity contribution in [3.63, 3.8) is 0 Å². The minimum absolute atomic E-state index is 0.134. The van der Waals surface area contributed by atoms with Crippen LogP contribution in [0.5, 0.6) is 0 Å². The summed E-state index contributed by atoms with van der Waals surface area (Å²) in [6.07, 6.45) is 0.841. The van der Waals surface area contributed by atoms with Crippen LogP contribution >= 0.6 is 11.6 Å². The van der Waals surface area contributed by atoms with Crippen LogP contribution in [-0.2, 0) is 14.8 Å². The van der Waals surface area contributed by atoms with E-state index in [1.54, 1.807) is 0 Å². The van der Waals surface area contributed by atoms with E-state index in [4.69, 9.17) is 11.6 Å². The Balaban J connectivity index is 2.06. The molecule has 0 saturated heterocycles. The molecule has 9 heteroatoms. The number of nitrogens with zero attached hydrogens (tertiary/aromatic N) is 1. The number of anilines is 2. The predicted octanol–water partition coefficient (Wildman–Crippen LogP) is 3.41. The summed E-state index contributed by atoms with van der Waals surface area (Å²) >= 11 is 5.63. The third-order valence-corrected chi connectivity index (χ3v) is 4.74. The van der Waals surface area contributed by atoms with Crippen LogP contribution in [0.2, 0.25) is 5.02 Å². The van der Waals surface area contributed by atoms with Crippen molar-refractivity contribution >= 4 is 38.9 Å². The lowest BCUT2D eigenvalue weighted by molar-refractivity contribution is -0.116. The fourth-order valence-electron chi connectivity index (χ4n) is 2.09. The van der Waals surface area contributed by atoms with E-state index in [0.717, 1.165) is 28.8 Å². The van der Waals surface area contributed by atoms with Gasteiger partial charge in [-0.15, -0.1) is 0 Å². The number of halogens is 3. The van der Waals surface area contributed by atoms with E-state index in [2.05, 4.69) is 5.32 Å². The Morgan fingerprint density at radius 1 is 1.16 bits per heavy atom. The van der Waals surface area contributed by atoms with Gasteiger partial charge in [0.05, 0.1) is 17.0 Å². The molecule has 1 N–H and O–H groups in total. The van der Waals surface area contributed by atoms with Gasteiger partial charge in [0.2, 0.25) is 15.9 Å². The SMILES string of the molecule is CS(=O)(=O)N(CCC(=O)Nc1ccc(F)c(Cl)c1)c1ccc(F)cc1. The molecule has 0 atom stereocenters. The Morgan fingerprint density at radius 2 is 1.80 bits per heavy atom. The van der Waals surface area contributed by atoms with Crippen molar-refractivity contribution < 1.29 is 22.0 Å². The van der Waals surface area contributed by atoms with Crippen LogP contribution in [-0.4, -0.2) is 27.1 Å². The first-order chi connectivity index (χ1) is 11.7. The Kier molecular flexibility index (Phi) is 5.97. The smallest absolute Gasteiger partial charge is 0.232 e. The van der Waals surface area contributed by atoms with Gasteiger partial charge >= 0.3 is 0 Å². The number of amides is 1. The van der Waals surface area contributed by atoms with E-state index in [1.807, 2.05) is 0 Å². The maximum absolute atomic E-state index is 13.1. The first kappa shape index (κ1) is 19.1. The molecule has 1 amide bonds. The first-order valence-electron chi connectivity index (χ1n) is 7.15. The Morgan fingerprint density at radius 3 is 2.36 bits per heavy atom. The zero-order valence-corrected chi connectivity index (χ0v) is 14.7. The number of carbonyl (C=O) groups is 1. The average Bonchev–Trinajstić information content (AvgIpc) is 2.51. The van der Waals surface area contributed by atoms with Gasteiger partial charge in [0.25, 0.3) is 0 Å². The van der Waals surface area contributed by atoms with Crippen molar-refractivity contribution in [1.29, 1.82) is 0 Å². The lowest BCUT2D eigenvalue weighted by Crippen LogP contribution is -2.33. The molecule has 0 unspecified atom stereocenters. The quantitative estimate of drug-likeness (QED) is 0.824. The molecule has 0 fully saturated rings. The highest BCUT2D eigenvalue weighted by molar-refractivity contribution is 7.92. The number of rotatable bonds is 6. The number of sulfonamides is 1. The maximum Gasteiger partial charge on any atom is 0.232 e. The summed E-state index contributed by atoms with van der Waals surface area (Å²) < 4.78 is 50.9. The molecule has 5 nitrogen and oxygen atoms in total. The zero-order valence-electron chi connectivity index (χ0n) is 13.2. The molecular formula is C16H15ClF2N2O3S. The lowest BCUT2D eigenvalue weighted by Gasteiger charge is -2.22. The Labute approximate surface area is 149 Å². The van der Waals surface area contributed by atoms with Gasteiger partial charge in [-0.05, 0) is 42.5 Å². The molecule has 134 valence electrons. The summed E-state index contributed by atoms with van der Waals surface area (Å²) in [4.78, 5) is 12.0. The molecule has 2 aromatic rings. The lowest BCUT2D eigenvalue weighted by atomic mass is 10.3. The van der Waals surface area contributed by atoms with E-state index in [1.165, 1.54) is 24.3 Å². The molecule has 2 aromatic carbocycles. The van der Waals surface area contributed by atoms with E-state index in [0.29, 0.717) is 5.69 Å². The summed E-state index contributed by atoms with van der Waals surface area (Å²) in [5.41, 5.74) is 0.547. The molecule has 25 heavy (non-hydrogen) atoms. The van der Waals surface area contributed by atoms with Crippen molar-refractivity contribution in [3.8, 4) is 0 Å². The number of hydrogen-bond donors (Lipinski definition) is 1. The summed E-state index contributed by atoms with van der Waals surface area (Å²) in [5.74, 6) is -1.58. The topological polar surface area (TPSA) is 66.5 Å². The molecular weight excluding hydrogens is 374 g/mol. The predicted molar refractivity (Wildman–Crippen MR) is 93.2 cm³/mol. The highest BCUT2D eigenvalue weighted by Crippen LogP contribution is 2.21. The van der Waals surface area contributed by atoms with E-state index < -0.39 is 27.6 Å². The van der Waals surface area contributed by atoms with Crippen LogP contribution in [0.3, 0.4) is 0 Å². The Hall–Kier alpha value is -2.19. The van der Waals surface area contributed by atoms with Crippen molar-refractivity contribution in [2.45, 2.75) is 6.42 Å². The largest absolute Gasteiger partial charge is 0.326 e. The molecule has 0 aromatic heterocycles. The number of hydrogen-bond acceptors (Lipinski definition) is 3. The fourth-order valence-corrected chi connectivity index (χ4v) is 3.20. The molecule has 0 saturated carbocycles. The average molecular weight is 389 g/mol. The third-order valence-electron chi connectivity index (χ3n) is 3.26. The van der Waals surface area contributed by atoms with Crippen LogP contribution < -0.4 is 9.62 Å². The van der Waals surface area contributed by atoms with Gasteiger partial charge in [0.15, 0.2) is 0 Å². The van der Waals surface area contributed by atoms with Gasteiger partial charge in [0.1, 0.15) is 11.6 Å². The summed E-state index contributed by atoms with van der Waals surface area (Å²) in [6.45, 7) is -0.134. The molecule has 0 aliphatic heterocycles. The third kappa shape index (κ3) is 5.40. The van der Waals surface area contributed by atoms with Gasteiger partial charge in [-0.1, -0.05) is 11.6 Å². The van der Waals surface area contributed by atoms with Crippen molar-refractivity contribution in [2.24, 2.45) is 0 Å². The molecule has 0 aliphatic carbocycles. The van der Waals surface area contributed by atoms with Gasteiger partial charge in [-0.2, -0.15) is 0 Å². The molecule has 0 aliphatic rings. The fraction of sp³-hybridized carbons (Fsp3) is 0.188. The number of nitrogens with one attached hydrogen (secondary N) is 1. The minimum Gasteiger partial charge on any atom is -0.326 e. The Bertz CT molecular complexity index is 873. The summed E-state index contributed by atoms with van der Waals surface area (Å²) in [6, 6.07) is 8.60. The molecule has 0 radical (unpaired) electrons. The van der Waals surface area contributed by atoms with Gasteiger partial charge in [-0.3, -0.25) is 9.10 Å². The van der Waals surface area contributed by atoms with Crippen LogP contribution in [0, 0.1) is 11.6 Å². The summed E-state index contributed by atoms with van der Waals surface area (Å²) in [5, 5.41) is 2.37. The van der Waals surface area contributed by atoms with E-state index in [9.17, 15) is 22.0 Å². The second-order valence-corrected chi connectivity index (χ2v) is 7.55. The number of benzene rings is 2. The van der Waals surface area contributed by atoms with Gasteiger partial charge in [-0.25, -0.2) is 17.2 Å². The molecule has 0 heterocycles. The molecule has 2 rings (SSSR count). The van der Waals surface area contributed by atoms with Crippen LogP contribution in [0.1, 0.15) is 6.42 Å². The zero-order chi connectivity index (χ0) is 18.6. The van der Waals surface area contributed by atoms with E-state index in [-0.39, 0.29) is 23.7 Å².